The Morgan fingerprint density at radius 1 is 1.28 bits per heavy atom. The van der Waals surface area contributed by atoms with Crippen LogP contribution in [-0.4, -0.2) is 37.3 Å². The minimum Gasteiger partial charge on any atom is -0.337 e. The third kappa shape index (κ3) is 2.83. The van der Waals surface area contributed by atoms with E-state index >= 15 is 0 Å². The molecule has 132 valence electrons. The molecule has 0 N–H and O–H groups in total. The highest BCUT2D eigenvalue weighted by molar-refractivity contribution is 5.55. The van der Waals surface area contributed by atoms with E-state index in [1.807, 2.05) is 13.0 Å². The lowest BCUT2D eigenvalue weighted by molar-refractivity contribution is 0.330. The summed E-state index contributed by atoms with van der Waals surface area (Å²) in [6.45, 7) is 12.2. The first kappa shape index (κ1) is 16.2. The Hall–Kier alpha value is -2.24. The summed E-state index contributed by atoms with van der Waals surface area (Å²) in [6, 6.07) is 2.67. The van der Waals surface area contributed by atoms with E-state index in [1.165, 1.54) is 19.3 Å². The summed E-state index contributed by atoms with van der Waals surface area (Å²) in [4.78, 5) is 11.2. The molecule has 2 fully saturated rings. The lowest BCUT2D eigenvalue weighted by Crippen LogP contribution is -2.54. The van der Waals surface area contributed by atoms with Crippen molar-refractivity contribution in [3.8, 4) is 11.5 Å². The van der Waals surface area contributed by atoms with E-state index in [2.05, 4.69) is 50.1 Å². The number of nitrogens with zero attached hydrogens (tertiary/aromatic N) is 6. The number of anilines is 1. The zero-order chi connectivity index (χ0) is 17.6. The van der Waals surface area contributed by atoms with Crippen LogP contribution < -0.4 is 4.90 Å². The monoisotopic (exact) mass is 338 g/mol. The normalized spacial score (nSPS) is 22.2. The van der Waals surface area contributed by atoms with Crippen molar-refractivity contribution in [3.63, 3.8) is 0 Å². The fourth-order valence-corrected chi connectivity index (χ4v) is 4.04. The van der Waals surface area contributed by atoms with Crippen LogP contribution in [0.2, 0.25) is 0 Å². The highest BCUT2D eigenvalue weighted by Gasteiger charge is 2.44. The molecule has 0 spiro atoms. The SMILES string of the molecule is C=C(C)Cn1c(-c2cc(C(C)C)ncn2)nnc1N1CC2CCCC21. The third-order valence-electron chi connectivity index (χ3n) is 5.38. The fourth-order valence-electron chi connectivity index (χ4n) is 4.04. The molecule has 1 aliphatic carbocycles. The summed E-state index contributed by atoms with van der Waals surface area (Å²) in [5.74, 6) is 2.97. The Morgan fingerprint density at radius 2 is 2.12 bits per heavy atom. The molecule has 0 aromatic carbocycles. The second kappa shape index (κ2) is 6.24. The molecule has 0 bridgehead atoms. The van der Waals surface area contributed by atoms with E-state index in [0.29, 0.717) is 18.5 Å². The Bertz CT molecular complexity index is 793. The number of aromatic nitrogens is 5. The van der Waals surface area contributed by atoms with E-state index in [9.17, 15) is 0 Å². The summed E-state index contributed by atoms with van der Waals surface area (Å²) < 4.78 is 2.17. The number of allylic oxidation sites excluding steroid dienone is 1. The lowest BCUT2D eigenvalue weighted by Gasteiger charge is -2.45. The predicted octanol–water partition coefficient (Wildman–Crippen LogP) is 3.42. The van der Waals surface area contributed by atoms with Gasteiger partial charge >= 0.3 is 0 Å². The van der Waals surface area contributed by atoms with Gasteiger partial charge in [-0.15, -0.1) is 10.2 Å². The van der Waals surface area contributed by atoms with E-state index in [1.54, 1.807) is 6.33 Å². The minimum atomic E-state index is 0.355. The summed E-state index contributed by atoms with van der Waals surface area (Å²) in [7, 11) is 0. The lowest BCUT2D eigenvalue weighted by atomic mass is 9.92. The van der Waals surface area contributed by atoms with Crippen LogP contribution in [0, 0.1) is 5.92 Å². The molecule has 0 radical (unpaired) electrons. The van der Waals surface area contributed by atoms with E-state index < -0.39 is 0 Å². The van der Waals surface area contributed by atoms with Gasteiger partial charge in [0.2, 0.25) is 5.95 Å². The molecular formula is C19H26N6. The number of hydrogen-bond donors (Lipinski definition) is 0. The first-order chi connectivity index (χ1) is 12.0. The van der Waals surface area contributed by atoms with Crippen molar-refractivity contribution in [1.82, 2.24) is 24.7 Å². The van der Waals surface area contributed by atoms with Crippen molar-refractivity contribution in [2.45, 2.75) is 58.5 Å². The Balaban J connectivity index is 1.73. The summed E-state index contributed by atoms with van der Waals surface area (Å²) in [5.41, 5.74) is 2.95. The Morgan fingerprint density at radius 3 is 2.84 bits per heavy atom. The van der Waals surface area contributed by atoms with Crippen molar-refractivity contribution in [3.05, 3.63) is 30.2 Å². The first-order valence-electron chi connectivity index (χ1n) is 9.21. The quantitative estimate of drug-likeness (QED) is 0.782. The average molecular weight is 338 g/mol. The third-order valence-corrected chi connectivity index (χ3v) is 5.38. The van der Waals surface area contributed by atoms with Crippen molar-refractivity contribution in [2.24, 2.45) is 5.92 Å². The molecule has 6 nitrogen and oxygen atoms in total. The Labute approximate surface area is 149 Å². The smallest absolute Gasteiger partial charge is 0.228 e. The first-order valence-corrected chi connectivity index (χ1v) is 9.21. The molecular weight excluding hydrogens is 312 g/mol. The van der Waals surface area contributed by atoms with Crippen LogP contribution in [0.15, 0.2) is 24.5 Å². The summed E-state index contributed by atoms with van der Waals surface area (Å²) >= 11 is 0. The van der Waals surface area contributed by atoms with Crippen LogP contribution in [0.1, 0.15) is 51.6 Å². The van der Waals surface area contributed by atoms with Gasteiger partial charge in [0.15, 0.2) is 5.82 Å². The predicted molar refractivity (Wildman–Crippen MR) is 98.4 cm³/mol. The zero-order valence-corrected chi connectivity index (χ0v) is 15.3. The molecule has 1 saturated carbocycles. The maximum absolute atomic E-state index is 4.54. The number of fused-ring (bicyclic) bond motifs is 1. The number of hydrogen-bond acceptors (Lipinski definition) is 5. The number of rotatable bonds is 5. The highest BCUT2D eigenvalue weighted by Crippen LogP contribution is 2.41. The van der Waals surface area contributed by atoms with E-state index in [4.69, 9.17) is 0 Å². The molecule has 2 aromatic rings. The molecule has 1 saturated heterocycles. The van der Waals surface area contributed by atoms with E-state index in [-0.39, 0.29) is 0 Å². The molecule has 1 aliphatic heterocycles. The van der Waals surface area contributed by atoms with Gasteiger partial charge in [-0.2, -0.15) is 0 Å². The molecule has 0 amide bonds. The van der Waals surface area contributed by atoms with Crippen LogP contribution in [0.25, 0.3) is 11.5 Å². The minimum absolute atomic E-state index is 0.355. The molecule has 6 heteroatoms. The van der Waals surface area contributed by atoms with Crippen LogP contribution >= 0.6 is 0 Å². The van der Waals surface area contributed by atoms with Crippen LogP contribution in [-0.2, 0) is 6.54 Å². The summed E-state index contributed by atoms with van der Waals surface area (Å²) in [5, 5.41) is 9.04. The van der Waals surface area contributed by atoms with Crippen molar-refractivity contribution in [2.75, 3.05) is 11.4 Å². The van der Waals surface area contributed by atoms with Gasteiger partial charge in [0.05, 0.1) is 0 Å². The van der Waals surface area contributed by atoms with Crippen molar-refractivity contribution >= 4 is 5.95 Å². The van der Waals surface area contributed by atoms with Crippen LogP contribution in [0.4, 0.5) is 5.95 Å². The van der Waals surface area contributed by atoms with Gasteiger partial charge in [0.25, 0.3) is 0 Å². The van der Waals surface area contributed by atoms with Gasteiger partial charge < -0.3 is 4.90 Å². The molecule has 2 unspecified atom stereocenters. The second-order valence-electron chi connectivity index (χ2n) is 7.76. The maximum Gasteiger partial charge on any atom is 0.228 e. The van der Waals surface area contributed by atoms with Crippen LogP contribution in [0.5, 0.6) is 0 Å². The van der Waals surface area contributed by atoms with Gasteiger partial charge in [0.1, 0.15) is 12.0 Å². The van der Waals surface area contributed by atoms with Gasteiger partial charge in [-0.05, 0) is 37.7 Å². The van der Waals surface area contributed by atoms with Gasteiger partial charge in [0, 0.05) is 24.8 Å². The zero-order valence-electron chi connectivity index (χ0n) is 15.3. The Kier molecular flexibility index (Phi) is 4.06. The molecule has 2 atom stereocenters. The molecule has 4 rings (SSSR count). The largest absolute Gasteiger partial charge is 0.337 e. The van der Waals surface area contributed by atoms with Crippen LogP contribution in [0.3, 0.4) is 0 Å². The molecule has 3 heterocycles. The topological polar surface area (TPSA) is 59.7 Å². The van der Waals surface area contributed by atoms with Crippen molar-refractivity contribution < 1.29 is 0 Å². The highest BCUT2D eigenvalue weighted by atomic mass is 15.4. The van der Waals surface area contributed by atoms with Crippen molar-refractivity contribution in [1.29, 1.82) is 0 Å². The van der Waals surface area contributed by atoms with Gasteiger partial charge in [-0.3, -0.25) is 4.57 Å². The van der Waals surface area contributed by atoms with E-state index in [0.717, 1.165) is 41.2 Å². The molecule has 25 heavy (non-hydrogen) atoms. The standard InChI is InChI=1S/C19H26N6/c1-12(2)9-25-18(16-8-15(13(3)4)20-11-21-16)22-23-19(25)24-10-14-6-5-7-17(14)24/h8,11,13-14,17H,1,5-7,9-10H2,2-4H3. The van der Waals surface area contributed by atoms with Gasteiger partial charge in [-0.1, -0.05) is 32.4 Å². The molecule has 2 aliphatic rings. The molecule has 2 aromatic heterocycles. The summed E-state index contributed by atoms with van der Waals surface area (Å²) in [6.07, 6.45) is 5.58. The van der Waals surface area contributed by atoms with Gasteiger partial charge in [-0.25, -0.2) is 9.97 Å². The average Bonchev–Trinajstić information content (AvgIpc) is 3.12. The fraction of sp³-hybridized carbons (Fsp3) is 0.579. The second-order valence-corrected chi connectivity index (χ2v) is 7.76. The maximum atomic E-state index is 4.54.